The second-order valence-corrected chi connectivity index (χ2v) is 5.54. The Balaban J connectivity index is 2.88. The number of aryl methyl sites for hydroxylation is 1. The molecule has 0 aliphatic heterocycles. The van der Waals surface area contributed by atoms with Crippen LogP contribution in [0.2, 0.25) is 0 Å². The van der Waals surface area contributed by atoms with E-state index in [1.165, 1.54) is 13.8 Å². The van der Waals surface area contributed by atoms with Crippen LogP contribution < -0.4 is 0 Å². The van der Waals surface area contributed by atoms with E-state index >= 15 is 0 Å². The topological polar surface area (TPSA) is 103 Å². The molecule has 0 aliphatic carbocycles. The van der Waals surface area contributed by atoms with Gasteiger partial charge in [0, 0.05) is 12.1 Å². The van der Waals surface area contributed by atoms with Gasteiger partial charge in [-0.15, -0.1) is 0 Å². The number of carbonyl (C=O) groups is 4. The number of hydrogen-bond acceptors (Lipinski definition) is 6. The molecule has 0 amide bonds. The van der Waals surface area contributed by atoms with Crippen molar-refractivity contribution in [1.82, 2.24) is 4.98 Å². The Bertz CT molecular complexity index is 658. The summed E-state index contributed by atoms with van der Waals surface area (Å²) in [5, 5.41) is 0. The fourth-order valence-electron chi connectivity index (χ4n) is 2.30. The Kier molecular flexibility index (Phi) is 6.88. The molecule has 1 aromatic rings. The molecule has 1 N–H and O–H groups in total. The maximum absolute atomic E-state index is 12.5. The average molecular weight is 337 g/mol. The molecule has 0 fully saturated rings. The molecule has 0 aromatic carbocycles. The van der Waals surface area contributed by atoms with Crippen LogP contribution >= 0.6 is 0 Å². The third kappa shape index (κ3) is 4.78. The molecule has 1 heterocycles. The van der Waals surface area contributed by atoms with Gasteiger partial charge in [0.05, 0.1) is 24.3 Å². The number of aromatic nitrogens is 1. The first-order valence-electron chi connectivity index (χ1n) is 7.78. The molecule has 0 unspecified atom stereocenters. The summed E-state index contributed by atoms with van der Waals surface area (Å²) in [4.78, 5) is 49.8. The lowest BCUT2D eigenvalue weighted by atomic mass is 10.1. The van der Waals surface area contributed by atoms with E-state index in [0.717, 1.165) is 0 Å². The first-order valence-corrected chi connectivity index (χ1v) is 7.78. The smallest absolute Gasteiger partial charge is 0.340 e. The fourth-order valence-corrected chi connectivity index (χ4v) is 2.30. The highest BCUT2D eigenvalue weighted by Crippen LogP contribution is 2.21. The van der Waals surface area contributed by atoms with E-state index in [4.69, 9.17) is 9.47 Å². The molecular formula is C17H23NO6. The standard InChI is InChI=1S/C17H23NO6/c1-6-23-17(22)14-10(3)15(18-11(14)4)16(21)12(5)24-13(20)8-7-9(2)19/h12,18H,6-8H2,1-5H3/t12-/m0/s1. The Morgan fingerprint density at radius 1 is 1.12 bits per heavy atom. The molecule has 1 rings (SSSR count). The minimum atomic E-state index is -1.02. The van der Waals surface area contributed by atoms with Crippen molar-refractivity contribution in [3.8, 4) is 0 Å². The van der Waals surface area contributed by atoms with Gasteiger partial charge < -0.3 is 19.3 Å². The van der Waals surface area contributed by atoms with Crippen LogP contribution in [0.25, 0.3) is 0 Å². The van der Waals surface area contributed by atoms with Gasteiger partial charge in [0.2, 0.25) is 5.78 Å². The third-order valence-corrected chi connectivity index (χ3v) is 3.52. The number of nitrogens with one attached hydrogen (secondary N) is 1. The Hall–Kier alpha value is -2.44. The number of esters is 2. The predicted octanol–water partition coefficient (Wildman–Crippen LogP) is 2.29. The zero-order valence-electron chi connectivity index (χ0n) is 14.6. The maximum atomic E-state index is 12.5. The minimum absolute atomic E-state index is 0.0657. The highest BCUT2D eigenvalue weighted by molar-refractivity contribution is 6.04. The Morgan fingerprint density at radius 3 is 2.29 bits per heavy atom. The van der Waals surface area contributed by atoms with Crippen LogP contribution in [0.5, 0.6) is 0 Å². The van der Waals surface area contributed by atoms with Crippen molar-refractivity contribution in [3.05, 3.63) is 22.5 Å². The lowest BCUT2D eigenvalue weighted by molar-refractivity contribution is -0.147. The van der Waals surface area contributed by atoms with E-state index in [1.807, 2.05) is 0 Å². The Labute approximate surface area is 140 Å². The van der Waals surface area contributed by atoms with Crippen molar-refractivity contribution in [1.29, 1.82) is 0 Å². The number of ketones is 2. The number of Topliss-reactive ketones (excluding diaryl/α,β-unsaturated/α-hetero) is 2. The first-order chi connectivity index (χ1) is 11.2. The van der Waals surface area contributed by atoms with Crippen molar-refractivity contribution in [3.63, 3.8) is 0 Å². The summed E-state index contributed by atoms with van der Waals surface area (Å²) in [6.45, 7) is 8.06. The van der Waals surface area contributed by atoms with Crippen LogP contribution in [0, 0.1) is 13.8 Å². The van der Waals surface area contributed by atoms with Crippen LogP contribution in [-0.4, -0.2) is 41.2 Å². The van der Waals surface area contributed by atoms with Gasteiger partial charge in [0.15, 0.2) is 6.10 Å². The zero-order valence-corrected chi connectivity index (χ0v) is 14.6. The van der Waals surface area contributed by atoms with Crippen LogP contribution in [0.4, 0.5) is 0 Å². The summed E-state index contributed by atoms with van der Waals surface area (Å²) in [5.74, 6) is -1.69. The van der Waals surface area contributed by atoms with E-state index in [-0.39, 0.29) is 30.9 Å². The van der Waals surface area contributed by atoms with Gasteiger partial charge in [-0.25, -0.2) is 4.79 Å². The monoisotopic (exact) mass is 337 g/mol. The van der Waals surface area contributed by atoms with E-state index < -0.39 is 23.8 Å². The van der Waals surface area contributed by atoms with Gasteiger partial charge in [0.1, 0.15) is 5.78 Å². The van der Waals surface area contributed by atoms with Crippen LogP contribution in [0.3, 0.4) is 0 Å². The number of H-pyrrole nitrogens is 1. The maximum Gasteiger partial charge on any atom is 0.340 e. The average Bonchev–Trinajstić information content (AvgIpc) is 2.79. The van der Waals surface area contributed by atoms with E-state index in [2.05, 4.69) is 4.98 Å². The van der Waals surface area contributed by atoms with Crippen LogP contribution in [0.15, 0.2) is 0 Å². The molecule has 7 nitrogen and oxygen atoms in total. The third-order valence-electron chi connectivity index (χ3n) is 3.52. The number of rotatable bonds is 8. The number of hydrogen-bond donors (Lipinski definition) is 1. The molecule has 0 saturated heterocycles. The van der Waals surface area contributed by atoms with Crippen molar-refractivity contribution in [2.45, 2.75) is 53.6 Å². The lowest BCUT2D eigenvalue weighted by Crippen LogP contribution is -2.25. The molecule has 0 bridgehead atoms. The van der Waals surface area contributed by atoms with Gasteiger partial charge in [-0.05, 0) is 40.2 Å². The summed E-state index contributed by atoms with van der Waals surface area (Å²) in [7, 11) is 0. The summed E-state index contributed by atoms with van der Waals surface area (Å²) in [6.07, 6.45) is -1.01. The van der Waals surface area contributed by atoms with Gasteiger partial charge >= 0.3 is 11.9 Å². The normalized spacial score (nSPS) is 11.7. The zero-order chi connectivity index (χ0) is 18.4. The second-order valence-electron chi connectivity index (χ2n) is 5.54. The summed E-state index contributed by atoms with van der Waals surface area (Å²) >= 11 is 0. The van der Waals surface area contributed by atoms with Crippen LogP contribution in [0.1, 0.15) is 65.7 Å². The molecule has 132 valence electrons. The van der Waals surface area contributed by atoms with E-state index in [1.54, 1.807) is 20.8 Å². The number of aromatic amines is 1. The second kappa shape index (κ2) is 8.42. The van der Waals surface area contributed by atoms with Crippen LogP contribution in [-0.2, 0) is 19.1 Å². The summed E-state index contributed by atoms with van der Waals surface area (Å²) in [5.41, 5.74) is 1.50. The lowest BCUT2D eigenvalue weighted by Gasteiger charge is -2.12. The number of ether oxygens (including phenoxy) is 2. The fraction of sp³-hybridized carbons (Fsp3) is 0.529. The quantitative estimate of drug-likeness (QED) is 0.577. The summed E-state index contributed by atoms with van der Waals surface area (Å²) < 4.78 is 10.0. The molecule has 1 aromatic heterocycles. The highest BCUT2D eigenvalue weighted by Gasteiger charge is 2.27. The van der Waals surface area contributed by atoms with Gasteiger partial charge in [0.25, 0.3) is 0 Å². The van der Waals surface area contributed by atoms with Crippen molar-refractivity contribution in [2.75, 3.05) is 6.61 Å². The largest absolute Gasteiger partial charge is 0.462 e. The number of carbonyl (C=O) groups excluding carboxylic acids is 4. The minimum Gasteiger partial charge on any atom is -0.462 e. The van der Waals surface area contributed by atoms with E-state index in [9.17, 15) is 19.2 Å². The van der Waals surface area contributed by atoms with Crippen molar-refractivity contribution in [2.24, 2.45) is 0 Å². The molecule has 7 heteroatoms. The molecule has 24 heavy (non-hydrogen) atoms. The molecular weight excluding hydrogens is 314 g/mol. The van der Waals surface area contributed by atoms with Gasteiger partial charge in [-0.1, -0.05) is 0 Å². The molecule has 0 saturated carbocycles. The van der Waals surface area contributed by atoms with Gasteiger partial charge in [-0.2, -0.15) is 0 Å². The molecule has 1 atom stereocenters. The molecule has 0 radical (unpaired) electrons. The SMILES string of the molecule is CCOC(=O)c1c(C)[nH]c(C(=O)[C@H](C)OC(=O)CCC(C)=O)c1C. The first kappa shape index (κ1) is 19.6. The van der Waals surface area contributed by atoms with Gasteiger partial charge in [-0.3, -0.25) is 9.59 Å². The van der Waals surface area contributed by atoms with E-state index in [0.29, 0.717) is 16.8 Å². The Morgan fingerprint density at radius 2 is 1.75 bits per heavy atom. The van der Waals surface area contributed by atoms with Crippen molar-refractivity contribution < 1.29 is 28.7 Å². The van der Waals surface area contributed by atoms with Crippen molar-refractivity contribution >= 4 is 23.5 Å². The summed E-state index contributed by atoms with van der Waals surface area (Å²) in [6, 6.07) is 0. The highest BCUT2D eigenvalue weighted by atomic mass is 16.5. The predicted molar refractivity (Wildman–Crippen MR) is 86.0 cm³/mol. The molecule has 0 aliphatic rings. The molecule has 0 spiro atoms.